The van der Waals surface area contributed by atoms with Crippen LogP contribution in [0.5, 0.6) is 0 Å². The van der Waals surface area contributed by atoms with Crippen molar-refractivity contribution in [1.82, 2.24) is 5.32 Å². The van der Waals surface area contributed by atoms with Crippen molar-refractivity contribution < 1.29 is 14.3 Å². The quantitative estimate of drug-likeness (QED) is 0.781. The summed E-state index contributed by atoms with van der Waals surface area (Å²) >= 11 is 0. The van der Waals surface area contributed by atoms with Crippen LogP contribution in [0, 0.1) is 5.92 Å². The minimum absolute atomic E-state index is 0.0714. The van der Waals surface area contributed by atoms with E-state index in [-0.39, 0.29) is 5.91 Å². The minimum atomic E-state index is -0.448. The van der Waals surface area contributed by atoms with Gasteiger partial charge in [-0.1, -0.05) is 12.1 Å². The van der Waals surface area contributed by atoms with Gasteiger partial charge in [-0.25, -0.2) is 4.79 Å². The number of nitrogens with one attached hydrogen (secondary N) is 2. The number of amides is 1. The summed E-state index contributed by atoms with van der Waals surface area (Å²) in [6.45, 7) is 1.76. The lowest BCUT2D eigenvalue weighted by Gasteiger charge is -2.26. The van der Waals surface area contributed by atoms with Gasteiger partial charge in [-0.05, 0) is 31.1 Å². The number of hydrogen-bond acceptors (Lipinski definition) is 4. The van der Waals surface area contributed by atoms with Crippen LogP contribution in [0.15, 0.2) is 24.3 Å². The maximum Gasteiger partial charge on any atom is 0.339 e. The molecular weight excluding hydrogens is 232 g/mol. The normalized spacial score (nSPS) is 14.7. The second kappa shape index (κ2) is 5.64. The molecule has 1 heterocycles. The number of benzene rings is 1. The molecule has 0 bridgehead atoms. The fourth-order valence-electron chi connectivity index (χ4n) is 1.84. The third kappa shape index (κ3) is 2.87. The Morgan fingerprint density at radius 2 is 2.11 bits per heavy atom. The van der Waals surface area contributed by atoms with Crippen molar-refractivity contribution in [3.8, 4) is 0 Å². The van der Waals surface area contributed by atoms with Gasteiger partial charge in [-0.15, -0.1) is 0 Å². The van der Waals surface area contributed by atoms with Gasteiger partial charge in [0.05, 0.1) is 18.4 Å². The molecule has 1 saturated heterocycles. The molecule has 1 aromatic rings. The predicted octanol–water partition coefficient (Wildman–Crippen LogP) is 1.02. The lowest BCUT2D eigenvalue weighted by molar-refractivity contribution is -0.117. The van der Waals surface area contributed by atoms with E-state index >= 15 is 0 Å². The number of anilines is 1. The molecule has 18 heavy (non-hydrogen) atoms. The van der Waals surface area contributed by atoms with E-state index in [4.69, 9.17) is 0 Å². The minimum Gasteiger partial charge on any atom is -0.465 e. The second-order valence-corrected chi connectivity index (χ2v) is 4.31. The van der Waals surface area contributed by atoms with Gasteiger partial charge in [-0.2, -0.15) is 0 Å². The molecule has 2 N–H and O–H groups in total. The van der Waals surface area contributed by atoms with Crippen LogP contribution < -0.4 is 10.6 Å². The third-order valence-electron chi connectivity index (χ3n) is 2.95. The Bertz CT molecular complexity index is 455. The number of hydrogen-bond donors (Lipinski definition) is 2. The monoisotopic (exact) mass is 248 g/mol. The van der Waals surface area contributed by atoms with Crippen molar-refractivity contribution in [3.05, 3.63) is 29.8 Å². The van der Waals surface area contributed by atoms with Crippen LogP contribution in [-0.2, 0) is 9.53 Å². The molecule has 0 unspecified atom stereocenters. The Kier molecular flexibility index (Phi) is 3.94. The lowest BCUT2D eigenvalue weighted by atomic mass is 9.99. The van der Waals surface area contributed by atoms with Gasteiger partial charge >= 0.3 is 5.97 Å². The van der Waals surface area contributed by atoms with E-state index in [9.17, 15) is 9.59 Å². The molecule has 0 spiro atoms. The van der Waals surface area contributed by atoms with Gasteiger partial charge in [0.2, 0.25) is 5.91 Å². The first kappa shape index (κ1) is 12.6. The number of rotatable bonds is 4. The van der Waals surface area contributed by atoms with Crippen LogP contribution in [0.1, 0.15) is 16.8 Å². The van der Waals surface area contributed by atoms with Crippen LogP contribution in [-0.4, -0.2) is 32.1 Å². The molecule has 0 aliphatic carbocycles. The molecular formula is C13H16N2O3. The molecule has 0 atom stereocenters. The molecule has 0 saturated carbocycles. The Labute approximate surface area is 106 Å². The molecule has 1 aliphatic rings. The van der Waals surface area contributed by atoms with E-state index in [0.717, 1.165) is 13.1 Å². The molecule has 1 amide bonds. The zero-order valence-electron chi connectivity index (χ0n) is 10.2. The highest BCUT2D eigenvalue weighted by Crippen LogP contribution is 2.17. The van der Waals surface area contributed by atoms with Gasteiger partial charge in [0, 0.05) is 6.42 Å². The van der Waals surface area contributed by atoms with E-state index in [1.165, 1.54) is 7.11 Å². The van der Waals surface area contributed by atoms with Crippen LogP contribution in [0.25, 0.3) is 0 Å². The van der Waals surface area contributed by atoms with Crippen LogP contribution in [0.3, 0.4) is 0 Å². The maximum atomic E-state index is 11.8. The summed E-state index contributed by atoms with van der Waals surface area (Å²) in [7, 11) is 1.32. The highest BCUT2D eigenvalue weighted by atomic mass is 16.5. The zero-order chi connectivity index (χ0) is 13.0. The van der Waals surface area contributed by atoms with E-state index in [1.807, 2.05) is 0 Å². The van der Waals surface area contributed by atoms with Crippen molar-refractivity contribution in [1.29, 1.82) is 0 Å². The fourth-order valence-corrected chi connectivity index (χ4v) is 1.84. The predicted molar refractivity (Wildman–Crippen MR) is 67.4 cm³/mol. The first-order valence-corrected chi connectivity index (χ1v) is 5.88. The van der Waals surface area contributed by atoms with Crippen LogP contribution in [0.2, 0.25) is 0 Å². The fraction of sp³-hybridized carbons (Fsp3) is 0.385. The SMILES string of the molecule is COC(=O)c1ccccc1NC(=O)CC1CNC1. The maximum absolute atomic E-state index is 11.8. The highest BCUT2D eigenvalue weighted by Gasteiger charge is 2.21. The number of carbonyl (C=O) groups is 2. The van der Waals surface area contributed by atoms with Gasteiger partial charge in [0.1, 0.15) is 0 Å². The summed E-state index contributed by atoms with van der Waals surface area (Å²) in [5.74, 6) is -0.121. The number of esters is 1. The Balaban J connectivity index is 2.03. The zero-order valence-corrected chi connectivity index (χ0v) is 10.2. The van der Waals surface area contributed by atoms with Crippen LogP contribution >= 0.6 is 0 Å². The largest absolute Gasteiger partial charge is 0.465 e. The van der Waals surface area contributed by atoms with E-state index in [2.05, 4.69) is 15.4 Å². The van der Waals surface area contributed by atoms with Crippen molar-refractivity contribution in [2.45, 2.75) is 6.42 Å². The Hall–Kier alpha value is -1.88. The van der Waals surface area contributed by atoms with E-state index in [0.29, 0.717) is 23.6 Å². The number of para-hydroxylation sites is 1. The van der Waals surface area contributed by atoms with Crippen molar-refractivity contribution >= 4 is 17.6 Å². The summed E-state index contributed by atoms with van der Waals surface area (Å²) in [6, 6.07) is 6.83. The topological polar surface area (TPSA) is 67.4 Å². The summed E-state index contributed by atoms with van der Waals surface area (Å²) in [5.41, 5.74) is 0.877. The van der Waals surface area contributed by atoms with E-state index < -0.39 is 5.97 Å². The number of carbonyl (C=O) groups excluding carboxylic acids is 2. The summed E-state index contributed by atoms with van der Waals surface area (Å²) in [4.78, 5) is 23.3. The molecule has 5 nitrogen and oxygen atoms in total. The van der Waals surface area contributed by atoms with Gasteiger partial charge in [0.15, 0.2) is 0 Å². The second-order valence-electron chi connectivity index (χ2n) is 4.31. The first-order valence-electron chi connectivity index (χ1n) is 5.88. The average molecular weight is 248 g/mol. The van der Waals surface area contributed by atoms with Gasteiger partial charge in [-0.3, -0.25) is 4.79 Å². The summed E-state index contributed by atoms with van der Waals surface area (Å²) < 4.78 is 4.67. The first-order chi connectivity index (χ1) is 8.70. The average Bonchev–Trinajstić information content (AvgIpc) is 2.34. The molecule has 1 aliphatic heterocycles. The van der Waals surface area contributed by atoms with E-state index in [1.54, 1.807) is 24.3 Å². The summed E-state index contributed by atoms with van der Waals surface area (Å²) in [5, 5.41) is 5.87. The molecule has 5 heteroatoms. The standard InChI is InChI=1S/C13H16N2O3/c1-18-13(17)10-4-2-3-5-11(10)15-12(16)6-9-7-14-8-9/h2-5,9,14H,6-8H2,1H3,(H,15,16). The molecule has 0 radical (unpaired) electrons. The smallest absolute Gasteiger partial charge is 0.339 e. The van der Waals surface area contributed by atoms with Gasteiger partial charge in [0.25, 0.3) is 0 Å². The highest BCUT2D eigenvalue weighted by molar-refractivity contribution is 6.01. The molecule has 96 valence electrons. The Morgan fingerprint density at radius 3 is 2.72 bits per heavy atom. The lowest BCUT2D eigenvalue weighted by Crippen LogP contribution is -2.43. The van der Waals surface area contributed by atoms with Crippen molar-refractivity contribution in [2.24, 2.45) is 5.92 Å². The van der Waals surface area contributed by atoms with Crippen molar-refractivity contribution in [2.75, 3.05) is 25.5 Å². The molecule has 1 aromatic carbocycles. The van der Waals surface area contributed by atoms with Crippen LogP contribution in [0.4, 0.5) is 5.69 Å². The number of ether oxygens (including phenoxy) is 1. The third-order valence-corrected chi connectivity index (χ3v) is 2.95. The summed E-state index contributed by atoms with van der Waals surface area (Å²) in [6.07, 6.45) is 0.475. The van der Waals surface area contributed by atoms with Crippen molar-refractivity contribution in [3.63, 3.8) is 0 Å². The molecule has 2 rings (SSSR count). The van der Waals surface area contributed by atoms with Gasteiger partial charge < -0.3 is 15.4 Å². The number of methoxy groups -OCH3 is 1. The molecule has 1 fully saturated rings. The Morgan fingerprint density at radius 1 is 1.39 bits per heavy atom. The molecule has 0 aromatic heterocycles.